The topological polar surface area (TPSA) is 91.4 Å². The van der Waals surface area contributed by atoms with Crippen LogP contribution in [-0.4, -0.2) is 40.2 Å². The van der Waals surface area contributed by atoms with Crippen LogP contribution in [-0.2, 0) is 17.8 Å². The molecule has 0 atom stereocenters. The summed E-state index contributed by atoms with van der Waals surface area (Å²) in [5.74, 6) is -0.0533. The van der Waals surface area contributed by atoms with Crippen molar-refractivity contribution >= 4 is 34.2 Å². The van der Waals surface area contributed by atoms with Crippen molar-refractivity contribution in [3.05, 3.63) is 46.5 Å². The van der Waals surface area contributed by atoms with Crippen molar-refractivity contribution in [3.63, 3.8) is 0 Å². The van der Waals surface area contributed by atoms with Crippen LogP contribution >= 0.6 is 11.3 Å². The van der Waals surface area contributed by atoms with Gasteiger partial charge in [0.05, 0.1) is 12.2 Å². The van der Waals surface area contributed by atoms with Gasteiger partial charge in [-0.05, 0) is 13.8 Å². The number of benzene rings is 1. The molecule has 0 unspecified atom stereocenters. The minimum absolute atomic E-state index is 0.0212. The van der Waals surface area contributed by atoms with E-state index in [1.807, 2.05) is 32.0 Å². The van der Waals surface area contributed by atoms with E-state index >= 15 is 0 Å². The Morgan fingerprint density at radius 1 is 1.18 bits per heavy atom. The lowest BCUT2D eigenvalue weighted by molar-refractivity contribution is -0.132. The van der Waals surface area contributed by atoms with Gasteiger partial charge in [0.2, 0.25) is 5.91 Å². The molecule has 0 bridgehead atoms. The van der Waals surface area contributed by atoms with Gasteiger partial charge in [0.25, 0.3) is 0 Å². The van der Waals surface area contributed by atoms with Crippen molar-refractivity contribution in [2.45, 2.75) is 45.7 Å². The number of ketones is 1. The Balaban J connectivity index is 1.53. The predicted octanol–water partition coefficient (Wildman–Crippen LogP) is 3.22. The lowest BCUT2D eigenvalue weighted by Gasteiger charge is -2.26. The predicted molar refractivity (Wildman–Crippen MR) is 109 cm³/mol. The molecular weight excluding hydrogens is 376 g/mol. The summed E-state index contributed by atoms with van der Waals surface area (Å²) in [6.07, 6.45) is 1.05. The number of carbonyl (C=O) groups excluding carboxylic acids is 3. The number of hydrogen-bond acceptors (Lipinski definition) is 5. The molecular formula is C20H24N4O3S. The number of fused-ring (bicyclic) bond motifs is 1. The number of amides is 3. The molecule has 0 aliphatic carbocycles. The molecule has 0 spiro atoms. The fraction of sp³-hybridized carbons (Fsp3) is 0.400. The minimum atomic E-state index is -0.284. The molecule has 0 saturated carbocycles. The summed E-state index contributed by atoms with van der Waals surface area (Å²) in [5, 5.41) is 6.04. The Kier molecular flexibility index (Phi) is 6.41. The van der Waals surface area contributed by atoms with Crippen LogP contribution in [0.1, 0.15) is 47.6 Å². The van der Waals surface area contributed by atoms with E-state index in [-0.39, 0.29) is 36.6 Å². The number of thiazole rings is 1. The number of Topliss-reactive ketones (excluding diaryl/α,β-unsaturated/α-hetero) is 1. The van der Waals surface area contributed by atoms with Crippen LogP contribution in [0.4, 0.5) is 9.93 Å². The summed E-state index contributed by atoms with van der Waals surface area (Å²) < 4.78 is 0. The number of aromatic nitrogens is 1. The molecule has 148 valence electrons. The zero-order chi connectivity index (χ0) is 20.1. The molecule has 8 heteroatoms. The smallest absolute Gasteiger partial charge is 0.321 e. The zero-order valence-electron chi connectivity index (χ0n) is 16.0. The van der Waals surface area contributed by atoms with Crippen molar-refractivity contribution in [3.8, 4) is 0 Å². The molecule has 1 aliphatic heterocycles. The van der Waals surface area contributed by atoms with Crippen LogP contribution in [0.5, 0.6) is 0 Å². The molecule has 7 nitrogen and oxygen atoms in total. The van der Waals surface area contributed by atoms with E-state index in [1.54, 1.807) is 17.0 Å². The van der Waals surface area contributed by atoms with Gasteiger partial charge < -0.3 is 10.2 Å². The zero-order valence-corrected chi connectivity index (χ0v) is 16.8. The normalized spacial score (nSPS) is 13.2. The average Bonchev–Trinajstić information content (AvgIpc) is 3.06. The maximum absolute atomic E-state index is 12.5. The summed E-state index contributed by atoms with van der Waals surface area (Å²) in [6, 6.07) is 8.78. The Morgan fingerprint density at radius 3 is 2.64 bits per heavy atom. The third-order valence-corrected chi connectivity index (χ3v) is 5.38. The Bertz CT molecular complexity index is 864. The second kappa shape index (κ2) is 8.97. The van der Waals surface area contributed by atoms with E-state index < -0.39 is 0 Å². The Morgan fingerprint density at radius 2 is 1.93 bits per heavy atom. The third kappa shape index (κ3) is 5.16. The number of anilines is 1. The van der Waals surface area contributed by atoms with Crippen molar-refractivity contribution in [2.75, 3.05) is 11.9 Å². The molecule has 2 aromatic rings. The van der Waals surface area contributed by atoms with E-state index in [0.717, 1.165) is 10.6 Å². The summed E-state index contributed by atoms with van der Waals surface area (Å²) in [5.41, 5.74) is 1.56. The van der Waals surface area contributed by atoms with Crippen LogP contribution in [0.25, 0.3) is 0 Å². The van der Waals surface area contributed by atoms with E-state index in [1.165, 1.54) is 11.3 Å². The highest BCUT2D eigenvalue weighted by Crippen LogP contribution is 2.28. The number of rotatable bonds is 6. The molecule has 3 rings (SSSR count). The molecule has 3 amide bonds. The first-order valence-electron chi connectivity index (χ1n) is 9.34. The third-order valence-electron chi connectivity index (χ3n) is 4.39. The first-order valence-corrected chi connectivity index (χ1v) is 10.2. The quantitative estimate of drug-likeness (QED) is 0.729. The van der Waals surface area contributed by atoms with Crippen molar-refractivity contribution in [2.24, 2.45) is 0 Å². The summed E-state index contributed by atoms with van der Waals surface area (Å²) in [7, 11) is 0. The SMILES string of the molecule is CC(C)NC(=O)Nc1nc2c(s1)CN(C(=O)CCC(=O)c1ccccc1)CC2. The first kappa shape index (κ1) is 20.0. The first-order chi connectivity index (χ1) is 13.4. The second-order valence-corrected chi connectivity index (χ2v) is 8.08. The van der Waals surface area contributed by atoms with E-state index in [4.69, 9.17) is 0 Å². The van der Waals surface area contributed by atoms with Gasteiger partial charge in [0.1, 0.15) is 0 Å². The van der Waals surface area contributed by atoms with Gasteiger partial charge in [0.15, 0.2) is 10.9 Å². The van der Waals surface area contributed by atoms with Gasteiger partial charge in [-0.2, -0.15) is 0 Å². The molecule has 1 aromatic heterocycles. The van der Waals surface area contributed by atoms with E-state index in [9.17, 15) is 14.4 Å². The molecule has 1 aliphatic rings. The lowest BCUT2D eigenvalue weighted by Crippen LogP contribution is -2.35. The van der Waals surface area contributed by atoms with Crippen molar-refractivity contribution < 1.29 is 14.4 Å². The van der Waals surface area contributed by atoms with Crippen LogP contribution < -0.4 is 10.6 Å². The molecule has 2 N–H and O–H groups in total. The Labute approximate surface area is 168 Å². The van der Waals surface area contributed by atoms with E-state index in [2.05, 4.69) is 15.6 Å². The monoisotopic (exact) mass is 400 g/mol. The maximum Gasteiger partial charge on any atom is 0.321 e. The average molecular weight is 401 g/mol. The Hall–Kier alpha value is -2.74. The van der Waals surface area contributed by atoms with Gasteiger partial charge in [0, 0.05) is 42.3 Å². The molecule has 0 saturated heterocycles. The molecule has 2 heterocycles. The highest BCUT2D eigenvalue weighted by molar-refractivity contribution is 7.15. The molecule has 0 fully saturated rings. The van der Waals surface area contributed by atoms with Gasteiger partial charge in [-0.15, -0.1) is 0 Å². The second-order valence-electron chi connectivity index (χ2n) is 7.00. The fourth-order valence-corrected chi connectivity index (χ4v) is 4.02. The van der Waals surface area contributed by atoms with Gasteiger partial charge >= 0.3 is 6.03 Å². The van der Waals surface area contributed by atoms with Crippen molar-refractivity contribution in [1.82, 2.24) is 15.2 Å². The number of hydrogen-bond donors (Lipinski definition) is 2. The number of urea groups is 1. The van der Waals surface area contributed by atoms with Gasteiger partial charge in [-0.25, -0.2) is 9.78 Å². The highest BCUT2D eigenvalue weighted by atomic mass is 32.1. The maximum atomic E-state index is 12.5. The molecule has 0 radical (unpaired) electrons. The highest BCUT2D eigenvalue weighted by Gasteiger charge is 2.25. The summed E-state index contributed by atoms with van der Waals surface area (Å²) in [4.78, 5) is 43.7. The largest absolute Gasteiger partial charge is 0.337 e. The van der Waals surface area contributed by atoms with Crippen LogP contribution in [0.15, 0.2) is 30.3 Å². The summed E-state index contributed by atoms with van der Waals surface area (Å²) in [6.45, 7) is 4.82. The summed E-state index contributed by atoms with van der Waals surface area (Å²) >= 11 is 1.39. The van der Waals surface area contributed by atoms with Crippen LogP contribution in [0.2, 0.25) is 0 Å². The van der Waals surface area contributed by atoms with Crippen LogP contribution in [0, 0.1) is 0 Å². The molecule has 1 aromatic carbocycles. The number of carbonyl (C=O) groups is 3. The number of nitrogens with zero attached hydrogens (tertiary/aromatic N) is 2. The standard InChI is InChI=1S/C20H24N4O3S/c1-13(2)21-19(27)23-20-22-15-10-11-24(12-17(15)28-20)18(26)9-8-16(25)14-6-4-3-5-7-14/h3-7,13H,8-12H2,1-2H3,(H2,21,22,23,27). The van der Waals surface area contributed by atoms with Gasteiger partial charge in [-0.3, -0.25) is 14.9 Å². The molecule has 28 heavy (non-hydrogen) atoms. The minimum Gasteiger partial charge on any atom is -0.337 e. The van der Waals surface area contributed by atoms with Crippen LogP contribution in [0.3, 0.4) is 0 Å². The number of nitrogens with one attached hydrogen (secondary N) is 2. The lowest BCUT2D eigenvalue weighted by atomic mass is 10.1. The van der Waals surface area contributed by atoms with Crippen molar-refractivity contribution in [1.29, 1.82) is 0 Å². The van der Waals surface area contributed by atoms with E-state index in [0.29, 0.717) is 30.2 Å². The fourth-order valence-electron chi connectivity index (χ4n) is 3.00. The van der Waals surface area contributed by atoms with Gasteiger partial charge in [-0.1, -0.05) is 41.7 Å².